The minimum absolute atomic E-state index is 0.131. The molecule has 3 rings (SSSR count). The van der Waals surface area contributed by atoms with Crippen molar-refractivity contribution in [3.05, 3.63) is 48.2 Å². The number of hydrogen-bond donors (Lipinski definition) is 1. The van der Waals surface area contributed by atoms with Crippen LogP contribution in [0.3, 0.4) is 0 Å². The largest absolute Gasteiger partial charge is 0.497 e. The Balaban J connectivity index is 2.29. The average molecular weight is 321 g/mol. The number of methoxy groups -OCH3 is 2. The van der Waals surface area contributed by atoms with E-state index in [4.69, 9.17) is 19.6 Å². The molecule has 0 unspecified atom stereocenters. The minimum Gasteiger partial charge on any atom is -0.497 e. The lowest BCUT2D eigenvalue weighted by Gasteiger charge is -2.13. The number of benzene rings is 1. The summed E-state index contributed by atoms with van der Waals surface area (Å²) in [4.78, 5) is 4.26. The van der Waals surface area contributed by atoms with Crippen molar-refractivity contribution in [3.8, 4) is 40.1 Å². The maximum atomic E-state index is 9.51. The van der Waals surface area contributed by atoms with Gasteiger partial charge in [0, 0.05) is 11.1 Å². The van der Waals surface area contributed by atoms with Gasteiger partial charge in [-0.1, -0.05) is 0 Å². The van der Waals surface area contributed by atoms with Crippen molar-refractivity contribution in [3.63, 3.8) is 0 Å². The topological polar surface area (TPSA) is 94.3 Å². The lowest BCUT2D eigenvalue weighted by Crippen LogP contribution is -2.00. The molecule has 2 aromatic heterocycles. The van der Waals surface area contributed by atoms with Gasteiger partial charge < -0.3 is 19.6 Å². The van der Waals surface area contributed by atoms with Crippen molar-refractivity contribution < 1.29 is 13.9 Å². The fourth-order valence-electron chi connectivity index (χ4n) is 2.47. The van der Waals surface area contributed by atoms with Crippen LogP contribution in [0.4, 0.5) is 5.82 Å². The zero-order chi connectivity index (χ0) is 17.1. The van der Waals surface area contributed by atoms with E-state index in [2.05, 4.69) is 11.1 Å². The van der Waals surface area contributed by atoms with Crippen LogP contribution < -0.4 is 15.2 Å². The van der Waals surface area contributed by atoms with Crippen LogP contribution in [0.25, 0.3) is 22.6 Å². The van der Waals surface area contributed by atoms with Gasteiger partial charge in [-0.05, 0) is 36.4 Å². The number of furan rings is 1. The Morgan fingerprint density at radius 1 is 1.12 bits per heavy atom. The Morgan fingerprint density at radius 3 is 2.58 bits per heavy atom. The molecule has 0 saturated carbocycles. The summed E-state index contributed by atoms with van der Waals surface area (Å²) in [5.74, 6) is 1.94. The molecule has 0 amide bonds. The van der Waals surface area contributed by atoms with E-state index in [1.54, 1.807) is 56.9 Å². The maximum absolute atomic E-state index is 9.51. The molecule has 0 aliphatic rings. The van der Waals surface area contributed by atoms with Gasteiger partial charge >= 0.3 is 0 Å². The Morgan fingerprint density at radius 2 is 1.96 bits per heavy atom. The number of rotatable bonds is 4. The number of ether oxygens (including phenoxy) is 2. The fourth-order valence-corrected chi connectivity index (χ4v) is 2.47. The van der Waals surface area contributed by atoms with Gasteiger partial charge in [-0.15, -0.1) is 0 Å². The van der Waals surface area contributed by atoms with E-state index in [1.165, 1.54) is 0 Å². The summed E-state index contributed by atoms with van der Waals surface area (Å²) >= 11 is 0. The molecule has 0 aliphatic heterocycles. The van der Waals surface area contributed by atoms with Crippen molar-refractivity contribution in [1.82, 2.24) is 4.98 Å². The number of anilines is 1. The molecule has 0 saturated heterocycles. The van der Waals surface area contributed by atoms with E-state index < -0.39 is 0 Å². The quantitative estimate of drug-likeness (QED) is 0.790. The highest BCUT2D eigenvalue weighted by Crippen LogP contribution is 2.38. The number of nitriles is 1. The van der Waals surface area contributed by atoms with Gasteiger partial charge in [0.05, 0.1) is 20.5 Å². The Kier molecular flexibility index (Phi) is 4.08. The summed E-state index contributed by atoms with van der Waals surface area (Å²) in [6.07, 6.45) is 1.55. The third kappa shape index (κ3) is 2.63. The molecular formula is C18H15N3O3. The molecule has 120 valence electrons. The maximum Gasteiger partial charge on any atom is 0.152 e. The monoisotopic (exact) mass is 321 g/mol. The summed E-state index contributed by atoms with van der Waals surface area (Å²) in [7, 11) is 3.14. The van der Waals surface area contributed by atoms with Crippen LogP contribution in [-0.4, -0.2) is 19.2 Å². The zero-order valence-electron chi connectivity index (χ0n) is 13.2. The molecule has 24 heavy (non-hydrogen) atoms. The predicted octanol–water partition coefficient (Wildman–Crippen LogP) is 3.48. The van der Waals surface area contributed by atoms with Crippen molar-refractivity contribution in [2.75, 3.05) is 20.0 Å². The van der Waals surface area contributed by atoms with Gasteiger partial charge in [-0.3, -0.25) is 0 Å². The van der Waals surface area contributed by atoms with Crippen LogP contribution in [0.1, 0.15) is 5.56 Å². The van der Waals surface area contributed by atoms with Crippen molar-refractivity contribution in [2.24, 2.45) is 0 Å². The molecule has 6 nitrogen and oxygen atoms in total. The lowest BCUT2D eigenvalue weighted by atomic mass is 9.98. The molecule has 2 N–H and O–H groups in total. The van der Waals surface area contributed by atoms with Crippen LogP contribution in [0.15, 0.2) is 47.1 Å². The molecule has 2 heterocycles. The van der Waals surface area contributed by atoms with E-state index in [-0.39, 0.29) is 11.4 Å². The molecule has 0 fully saturated rings. The standard InChI is InChI=1S/C18H15N3O3/c1-22-11-5-6-16(23-2)13(8-11)12-9-15(17-4-3-7-24-17)21-18(20)14(12)10-19/h3-9H,1-2H3,(H2,20,21). The van der Waals surface area contributed by atoms with E-state index in [0.29, 0.717) is 34.1 Å². The predicted molar refractivity (Wildman–Crippen MR) is 89.6 cm³/mol. The normalized spacial score (nSPS) is 10.2. The number of nitrogens with two attached hydrogens (primary N) is 1. The molecular weight excluding hydrogens is 306 g/mol. The second kappa shape index (κ2) is 6.34. The number of aromatic nitrogens is 1. The molecule has 6 heteroatoms. The number of nitrogen functional groups attached to an aromatic ring is 1. The highest BCUT2D eigenvalue weighted by molar-refractivity contribution is 5.83. The van der Waals surface area contributed by atoms with Gasteiger partial charge in [0.2, 0.25) is 0 Å². The molecule has 0 radical (unpaired) electrons. The number of pyridine rings is 1. The Hall–Kier alpha value is -3.46. The second-order valence-electron chi connectivity index (χ2n) is 4.97. The third-order valence-corrected chi connectivity index (χ3v) is 3.63. The van der Waals surface area contributed by atoms with Gasteiger partial charge in [-0.25, -0.2) is 4.98 Å². The third-order valence-electron chi connectivity index (χ3n) is 3.63. The number of nitrogens with zero attached hydrogens (tertiary/aromatic N) is 2. The number of hydrogen-bond acceptors (Lipinski definition) is 6. The highest BCUT2D eigenvalue weighted by Gasteiger charge is 2.18. The molecule has 0 spiro atoms. The fraction of sp³-hybridized carbons (Fsp3) is 0.111. The lowest BCUT2D eigenvalue weighted by molar-refractivity contribution is 0.404. The molecule has 1 aromatic carbocycles. The van der Waals surface area contributed by atoms with Gasteiger partial charge in [0.25, 0.3) is 0 Å². The summed E-state index contributed by atoms with van der Waals surface area (Å²) in [6.45, 7) is 0. The van der Waals surface area contributed by atoms with E-state index in [9.17, 15) is 5.26 Å². The average Bonchev–Trinajstić information content (AvgIpc) is 3.15. The minimum atomic E-state index is 0.131. The van der Waals surface area contributed by atoms with Crippen LogP contribution in [0, 0.1) is 11.3 Å². The van der Waals surface area contributed by atoms with Gasteiger partial charge in [0.15, 0.2) is 5.76 Å². The van der Waals surface area contributed by atoms with Crippen LogP contribution >= 0.6 is 0 Å². The zero-order valence-corrected chi connectivity index (χ0v) is 13.2. The van der Waals surface area contributed by atoms with Crippen molar-refractivity contribution >= 4 is 5.82 Å². The first-order valence-electron chi connectivity index (χ1n) is 7.14. The molecule has 0 atom stereocenters. The van der Waals surface area contributed by atoms with E-state index in [0.717, 1.165) is 0 Å². The first-order chi connectivity index (χ1) is 11.7. The highest BCUT2D eigenvalue weighted by atomic mass is 16.5. The first kappa shape index (κ1) is 15.4. The molecule has 3 aromatic rings. The summed E-state index contributed by atoms with van der Waals surface area (Å²) in [5, 5.41) is 9.51. The van der Waals surface area contributed by atoms with Crippen LogP contribution in [-0.2, 0) is 0 Å². The van der Waals surface area contributed by atoms with E-state index in [1.807, 2.05) is 0 Å². The smallest absolute Gasteiger partial charge is 0.152 e. The SMILES string of the molecule is COc1ccc(OC)c(-c2cc(-c3ccco3)nc(N)c2C#N)c1. The summed E-state index contributed by atoms with van der Waals surface area (Å²) in [6, 6.07) is 12.8. The molecule has 0 aliphatic carbocycles. The van der Waals surface area contributed by atoms with Crippen LogP contribution in [0.2, 0.25) is 0 Å². The summed E-state index contributed by atoms with van der Waals surface area (Å²) < 4.78 is 16.1. The van der Waals surface area contributed by atoms with Crippen molar-refractivity contribution in [2.45, 2.75) is 0 Å². The second-order valence-corrected chi connectivity index (χ2v) is 4.97. The summed E-state index contributed by atoms with van der Waals surface area (Å²) in [5.41, 5.74) is 8.10. The van der Waals surface area contributed by atoms with E-state index >= 15 is 0 Å². The van der Waals surface area contributed by atoms with Crippen molar-refractivity contribution in [1.29, 1.82) is 5.26 Å². The van der Waals surface area contributed by atoms with Crippen LogP contribution in [0.5, 0.6) is 11.5 Å². The Labute approximate surface area is 139 Å². The van der Waals surface area contributed by atoms with Gasteiger partial charge in [-0.2, -0.15) is 5.26 Å². The first-order valence-corrected chi connectivity index (χ1v) is 7.14. The van der Waals surface area contributed by atoms with Gasteiger partial charge in [0.1, 0.15) is 34.6 Å². The Bertz CT molecular complexity index is 912. The molecule has 0 bridgehead atoms.